The Balaban J connectivity index is 0.782. The molecule has 3 aliphatic heterocycles. The molecule has 1 unspecified atom stereocenters. The van der Waals surface area contributed by atoms with Crippen LogP contribution in [0.3, 0.4) is 0 Å². The fourth-order valence-electron chi connectivity index (χ4n) is 10.6. The smallest absolute Gasteiger partial charge is 0.343 e. The van der Waals surface area contributed by atoms with Crippen LogP contribution in [-0.2, 0) is 79.4 Å². The number of hydrogen-bond donors (Lipinski definition) is 7. The molecule has 1 fully saturated rings. The lowest BCUT2D eigenvalue weighted by Crippen LogP contribution is -2.51. The summed E-state index contributed by atoms with van der Waals surface area (Å²) in [4.78, 5) is 122. The van der Waals surface area contributed by atoms with Crippen LogP contribution in [0.25, 0.3) is 22.3 Å². The van der Waals surface area contributed by atoms with Gasteiger partial charge in [-0.15, -0.1) is 0 Å². The van der Waals surface area contributed by atoms with Crippen molar-refractivity contribution in [3.8, 4) is 11.4 Å². The molecular formula is C55H66FN9O12. The minimum Gasteiger partial charge on any atom is -0.458 e. The Morgan fingerprint density at radius 1 is 0.935 bits per heavy atom. The van der Waals surface area contributed by atoms with E-state index in [0.717, 1.165) is 22.1 Å². The zero-order valence-corrected chi connectivity index (χ0v) is 43.7. The molecule has 2 aromatic heterocycles. The zero-order chi connectivity index (χ0) is 55.1. The molecule has 0 saturated carbocycles. The summed E-state index contributed by atoms with van der Waals surface area (Å²) in [6.07, 6.45) is 2.56. The molecule has 7 N–H and O–H groups in total. The first-order chi connectivity index (χ1) is 36.9. The van der Waals surface area contributed by atoms with E-state index in [9.17, 15) is 48.3 Å². The van der Waals surface area contributed by atoms with E-state index in [1.807, 2.05) is 30.3 Å². The van der Waals surface area contributed by atoms with Gasteiger partial charge >= 0.3 is 5.97 Å². The van der Waals surface area contributed by atoms with Gasteiger partial charge in [0.15, 0.2) is 5.60 Å². The van der Waals surface area contributed by atoms with Gasteiger partial charge in [0.25, 0.3) is 5.56 Å². The van der Waals surface area contributed by atoms with Crippen molar-refractivity contribution < 1.29 is 57.3 Å². The predicted octanol–water partition coefficient (Wildman–Crippen LogP) is 2.00. The summed E-state index contributed by atoms with van der Waals surface area (Å²) in [5, 5.41) is 28.8. The summed E-state index contributed by atoms with van der Waals surface area (Å²) in [6.45, 7) is 6.62. The van der Waals surface area contributed by atoms with Crippen LogP contribution in [0.15, 0.2) is 47.3 Å². The number of amides is 7. The van der Waals surface area contributed by atoms with Crippen LogP contribution < -0.4 is 37.5 Å². The second kappa shape index (κ2) is 24.3. The first-order valence-electron chi connectivity index (χ1n) is 26.3. The van der Waals surface area contributed by atoms with Crippen molar-refractivity contribution in [3.05, 3.63) is 97.6 Å². The number of carbonyl (C=O) groups is 8. The quantitative estimate of drug-likeness (QED) is 0.0202. The second-order valence-electron chi connectivity index (χ2n) is 20.3. The number of fused-ring (bicyclic) bond motifs is 5. The van der Waals surface area contributed by atoms with Crippen LogP contribution in [0.2, 0.25) is 0 Å². The van der Waals surface area contributed by atoms with Gasteiger partial charge in [0.2, 0.25) is 41.4 Å². The Hall–Kier alpha value is -7.43. The number of benzene rings is 2. The van der Waals surface area contributed by atoms with Gasteiger partial charge in [-0.25, -0.2) is 14.2 Å². The highest BCUT2D eigenvalue weighted by Gasteiger charge is 2.46. The number of nitrogens with zero attached hydrogens (tertiary/aromatic N) is 3. The summed E-state index contributed by atoms with van der Waals surface area (Å²) >= 11 is 0. The molecule has 0 radical (unpaired) electrons. The molecule has 0 bridgehead atoms. The maximum Gasteiger partial charge on any atom is 0.343 e. The predicted molar refractivity (Wildman–Crippen MR) is 277 cm³/mol. The second-order valence-corrected chi connectivity index (χ2v) is 20.3. The first kappa shape index (κ1) is 55.8. The third kappa shape index (κ3) is 12.4. The van der Waals surface area contributed by atoms with Crippen LogP contribution in [0.4, 0.5) is 4.39 Å². The lowest BCUT2D eigenvalue weighted by Gasteiger charge is -2.31. The zero-order valence-electron chi connectivity index (χ0n) is 43.7. The first-order valence-corrected chi connectivity index (χ1v) is 26.3. The molecule has 5 atom stereocenters. The third-order valence-corrected chi connectivity index (χ3v) is 14.8. The van der Waals surface area contributed by atoms with Crippen molar-refractivity contribution in [2.45, 2.75) is 129 Å². The Labute approximate surface area is 443 Å². The topological polar surface area (TPSA) is 286 Å². The van der Waals surface area contributed by atoms with E-state index in [0.29, 0.717) is 66.7 Å². The number of rotatable bonds is 24. The Kier molecular flexibility index (Phi) is 17.6. The number of cyclic esters (lactones) is 1. The van der Waals surface area contributed by atoms with Crippen LogP contribution in [-0.4, -0.2) is 118 Å². The highest BCUT2D eigenvalue weighted by Crippen LogP contribution is 2.46. The van der Waals surface area contributed by atoms with Crippen LogP contribution >= 0.6 is 0 Å². The number of aliphatic hydroxyl groups is 1. The van der Waals surface area contributed by atoms with Gasteiger partial charge in [0.05, 0.1) is 67.4 Å². The number of ether oxygens (including phenoxy) is 2. The van der Waals surface area contributed by atoms with Gasteiger partial charge in [-0.3, -0.25) is 48.6 Å². The van der Waals surface area contributed by atoms with Crippen LogP contribution in [0.1, 0.15) is 117 Å². The van der Waals surface area contributed by atoms with Crippen LogP contribution in [0, 0.1) is 18.7 Å². The minimum atomic E-state index is -2.02. The summed E-state index contributed by atoms with van der Waals surface area (Å²) in [6, 6.07) is 10.5. The Morgan fingerprint density at radius 2 is 1.69 bits per heavy atom. The van der Waals surface area contributed by atoms with Crippen molar-refractivity contribution in [3.63, 3.8) is 0 Å². The average Bonchev–Trinajstić information content (AvgIpc) is 3.89. The molecule has 1 saturated heterocycles. The largest absolute Gasteiger partial charge is 0.458 e. The molecule has 7 amide bonds. The van der Waals surface area contributed by atoms with Crippen LogP contribution in [0.5, 0.6) is 0 Å². The molecule has 5 heterocycles. The number of unbranched alkanes of at least 4 members (excludes halogenated alkanes) is 2. The van der Waals surface area contributed by atoms with Gasteiger partial charge in [-0.05, 0) is 74.3 Å². The third-order valence-electron chi connectivity index (χ3n) is 14.8. The van der Waals surface area contributed by atoms with Crippen molar-refractivity contribution >= 4 is 58.2 Å². The number of aryl methyl sites for hydroxylation is 1. The normalized spacial score (nSPS) is 18.9. The monoisotopic (exact) mass is 1060 g/mol. The number of halogens is 1. The van der Waals surface area contributed by atoms with Gasteiger partial charge in [0.1, 0.15) is 18.5 Å². The Bertz CT molecular complexity index is 3060. The number of pyridine rings is 2. The molecule has 2 aromatic carbocycles. The van der Waals surface area contributed by atoms with Gasteiger partial charge < -0.3 is 45.7 Å². The van der Waals surface area contributed by atoms with Gasteiger partial charge in [-0.1, -0.05) is 50.6 Å². The van der Waals surface area contributed by atoms with E-state index in [1.165, 1.54) is 15.5 Å². The van der Waals surface area contributed by atoms with Crippen molar-refractivity contribution in [1.29, 1.82) is 0 Å². The van der Waals surface area contributed by atoms with Gasteiger partial charge in [0, 0.05) is 67.4 Å². The van der Waals surface area contributed by atoms with E-state index in [-0.39, 0.29) is 112 Å². The number of aromatic nitrogens is 2. The summed E-state index contributed by atoms with van der Waals surface area (Å²) in [5.41, 5.74) is 2.48. The van der Waals surface area contributed by atoms with Crippen molar-refractivity contribution in [2.24, 2.45) is 5.92 Å². The number of imide groups is 1. The van der Waals surface area contributed by atoms with Gasteiger partial charge in [-0.2, -0.15) is 0 Å². The maximum atomic E-state index is 15.4. The molecular weight excluding hydrogens is 998 g/mol. The molecule has 77 heavy (non-hydrogen) atoms. The summed E-state index contributed by atoms with van der Waals surface area (Å²) in [7, 11) is 0. The van der Waals surface area contributed by atoms with E-state index in [1.54, 1.807) is 33.8 Å². The summed E-state index contributed by atoms with van der Waals surface area (Å²) in [5.74, 6) is -4.26. The average molecular weight is 1060 g/mol. The van der Waals surface area contributed by atoms with E-state index >= 15 is 4.39 Å². The van der Waals surface area contributed by atoms with Crippen molar-refractivity contribution in [1.82, 2.24) is 46.4 Å². The standard InChI is InChI=1S/C55H66FN9O12/c1-5-55(75)37-23-42-50-35(27-65(42)53(73)36(37)28-76-54(55)74)49-39(16-15-34-32(4)38(56)24-40(63-50)48(34)49)61-44(67)21-31(3)77-29-57-17-18-58-51(71)41(22-33-12-8-6-9-13-33)62-46(69)26-60-45(68)25-59-43(66)14-10-7-11-19-64-47(70)20-30(2)52(64)72/h6,8-9,12-13,23-24,30-31,39,41,57,75H,5,7,10-11,14-22,25-29H2,1-4H3,(H,58,71)(H,59,66)(H,60,68)(H,61,67)(H,62,69)/t30?,31-,39-,41-,55-/m0/s1. The van der Waals surface area contributed by atoms with E-state index in [4.69, 9.17) is 14.5 Å². The lowest BCUT2D eigenvalue weighted by atomic mass is 9.81. The van der Waals surface area contributed by atoms with E-state index in [2.05, 4.69) is 31.9 Å². The SMILES string of the molecule is CC[C@@]1(O)C(=O)OCc2c1cc1n(c2=O)Cc2c-1nc1cc(F)c(C)c3c1c2[C@@H](NC(=O)C[C@H](C)OCNCCNC(=O)[C@H](Cc1ccccc1)NC(=O)CNC(=O)CNC(=O)CCCCCN1C(=O)CC(C)C1=O)CC3. The molecule has 22 heteroatoms. The highest BCUT2D eigenvalue weighted by molar-refractivity contribution is 6.03. The van der Waals surface area contributed by atoms with E-state index < -0.39 is 65.4 Å². The molecule has 0 spiro atoms. The maximum absolute atomic E-state index is 15.4. The molecule has 4 aromatic rings. The number of nitrogens with one attached hydrogen (secondary N) is 6. The fraction of sp³-hybridized carbons (Fsp3) is 0.491. The highest BCUT2D eigenvalue weighted by atomic mass is 19.1. The molecule has 8 rings (SSSR count). The molecule has 410 valence electrons. The lowest BCUT2D eigenvalue weighted by molar-refractivity contribution is -0.172. The number of carbonyl (C=O) groups excluding carboxylic acids is 8. The number of hydrogen-bond acceptors (Lipinski definition) is 14. The van der Waals surface area contributed by atoms with Crippen molar-refractivity contribution in [2.75, 3.05) is 39.5 Å². The Morgan fingerprint density at radius 3 is 2.43 bits per heavy atom. The molecule has 21 nitrogen and oxygen atoms in total. The molecule has 1 aliphatic carbocycles. The molecule has 4 aliphatic rings. The summed E-state index contributed by atoms with van der Waals surface area (Å²) < 4.78 is 28.1. The minimum absolute atomic E-state index is 0.0115. The fourth-order valence-corrected chi connectivity index (χ4v) is 10.6. The number of likely N-dealkylation sites (tertiary alicyclic amines) is 1. The number of esters is 1.